The molecule has 0 spiro atoms. The molecule has 180 valence electrons. The predicted molar refractivity (Wildman–Crippen MR) is 126 cm³/mol. The van der Waals surface area contributed by atoms with Crippen LogP contribution in [0.15, 0.2) is 18.2 Å². The maximum atomic E-state index is 12.1. The van der Waals surface area contributed by atoms with Crippen molar-refractivity contribution in [2.75, 3.05) is 85.8 Å². The van der Waals surface area contributed by atoms with Gasteiger partial charge in [-0.15, -0.1) is 0 Å². The van der Waals surface area contributed by atoms with E-state index in [4.69, 9.17) is 14.2 Å². The maximum Gasteiger partial charge on any atom is 0.338 e. The number of ether oxygens (including phenoxy) is 3. The van der Waals surface area contributed by atoms with Crippen molar-refractivity contribution in [1.82, 2.24) is 20.4 Å². The fourth-order valence-corrected chi connectivity index (χ4v) is 4.10. The summed E-state index contributed by atoms with van der Waals surface area (Å²) in [7, 11) is 1.39. The van der Waals surface area contributed by atoms with E-state index in [0.29, 0.717) is 30.3 Å². The average molecular weight is 449 g/mol. The Balaban J connectivity index is 1.39. The molecule has 8 nitrogen and oxygen atoms in total. The minimum absolute atomic E-state index is 0.377. The fourth-order valence-electron chi connectivity index (χ4n) is 4.10. The van der Waals surface area contributed by atoms with Crippen LogP contribution in [0.25, 0.3) is 0 Å². The highest BCUT2D eigenvalue weighted by Gasteiger charge is 2.12. The minimum atomic E-state index is -0.377. The van der Waals surface area contributed by atoms with Crippen LogP contribution < -0.4 is 20.1 Å². The van der Waals surface area contributed by atoms with Crippen LogP contribution in [-0.4, -0.2) is 102 Å². The molecule has 2 aliphatic rings. The summed E-state index contributed by atoms with van der Waals surface area (Å²) in [4.78, 5) is 17.0. The molecule has 0 bridgehead atoms. The lowest BCUT2D eigenvalue weighted by Gasteiger charge is -2.27. The molecule has 3 rings (SSSR count). The van der Waals surface area contributed by atoms with E-state index in [2.05, 4.69) is 20.4 Å². The van der Waals surface area contributed by atoms with Gasteiger partial charge >= 0.3 is 5.97 Å². The van der Waals surface area contributed by atoms with Gasteiger partial charge in [-0.3, -0.25) is 0 Å². The lowest BCUT2D eigenvalue weighted by atomic mass is 10.2. The van der Waals surface area contributed by atoms with E-state index in [-0.39, 0.29) is 5.97 Å². The molecule has 0 aromatic heterocycles. The molecule has 0 saturated carbocycles. The molecule has 2 fully saturated rings. The second kappa shape index (κ2) is 14.3. The number of rotatable bonds is 13. The largest absolute Gasteiger partial charge is 0.493 e. The second-order valence-corrected chi connectivity index (χ2v) is 8.48. The zero-order valence-corrected chi connectivity index (χ0v) is 19.6. The Morgan fingerprint density at radius 1 is 0.781 bits per heavy atom. The number of carbonyl (C=O) groups excluding carboxylic acids is 1. The highest BCUT2D eigenvalue weighted by atomic mass is 16.5. The van der Waals surface area contributed by atoms with Crippen molar-refractivity contribution in [3.8, 4) is 11.5 Å². The molecule has 2 heterocycles. The summed E-state index contributed by atoms with van der Waals surface area (Å²) in [6.07, 6.45) is 4.17. The summed E-state index contributed by atoms with van der Waals surface area (Å²) >= 11 is 0. The standard InChI is InChI=1S/C24H40N4O4/c1-30-24(29)21-18-22(31-16-4-2-10-27-12-6-25-7-13-27)20-23(19-21)32-17-5-3-11-28-14-8-26-9-15-28/h18-20,25-26H,2-17H2,1H3. The summed E-state index contributed by atoms with van der Waals surface area (Å²) in [5.74, 6) is 0.939. The molecule has 32 heavy (non-hydrogen) atoms. The van der Waals surface area contributed by atoms with Gasteiger partial charge in [-0.05, 0) is 50.9 Å². The first-order valence-corrected chi connectivity index (χ1v) is 12.1. The Bertz CT molecular complexity index is 630. The van der Waals surface area contributed by atoms with Gasteiger partial charge in [-0.2, -0.15) is 0 Å². The Labute approximate surface area is 192 Å². The van der Waals surface area contributed by atoms with Crippen LogP contribution in [0.5, 0.6) is 11.5 Å². The Kier molecular flexibility index (Phi) is 11.1. The summed E-state index contributed by atoms with van der Waals surface area (Å²) in [5, 5.41) is 6.76. The van der Waals surface area contributed by atoms with E-state index in [9.17, 15) is 4.79 Å². The number of carbonyl (C=O) groups is 1. The van der Waals surface area contributed by atoms with E-state index in [0.717, 1.165) is 91.1 Å². The van der Waals surface area contributed by atoms with Crippen molar-refractivity contribution in [3.05, 3.63) is 23.8 Å². The lowest BCUT2D eigenvalue weighted by molar-refractivity contribution is 0.0599. The number of esters is 1. The molecule has 0 atom stereocenters. The van der Waals surface area contributed by atoms with Crippen LogP contribution in [0.2, 0.25) is 0 Å². The number of hydrogen-bond acceptors (Lipinski definition) is 8. The number of unbranched alkanes of at least 4 members (excludes halogenated alkanes) is 2. The quantitative estimate of drug-likeness (QED) is 0.348. The van der Waals surface area contributed by atoms with Gasteiger partial charge in [-0.1, -0.05) is 0 Å². The van der Waals surface area contributed by atoms with Crippen LogP contribution in [0.4, 0.5) is 0 Å². The predicted octanol–water partition coefficient (Wildman–Crippen LogP) is 1.60. The van der Waals surface area contributed by atoms with Gasteiger partial charge in [0.1, 0.15) is 11.5 Å². The molecule has 2 aliphatic heterocycles. The van der Waals surface area contributed by atoms with E-state index in [1.165, 1.54) is 7.11 Å². The monoisotopic (exact) mass is 448 g/mol. The SMILES string of the molecule is COC(=O)c1cc(OCCCCN2CCNCC2)cc(OCCCCN2CCNCC2)c1. The van der Waals surface area contributed by atoms with Gasteiger partial charge < -0.3 is 34.6 Å². The van der Waals surface area contributed by atoms with Crippen LogP contribution in [0, 0.1) is 0 Å². The van der Waals surface area contributed by atoms with E-state index < -0.39 is 0 Å². The van der Waals surface area contributed by atoms with Crippen molar-refractivity contribution < 1.29 is 19.0 Å². The molecule has 2 saturated heterocycles. The molecule has 0 amide bonds. The maximum absolute atomic E-state index is 12.1. The smallest absolute Gasteiger partial charge is 0.338 e. The van der Waals surface area contributed by atoms with Gasteiger partial charge in [-0.25, -0.2) is 4.79 Å². The molecule has 0 unspecified atom stereocenters. The summed E-state index contributed by atoms with van der Waals surface area (Å²) in [5.41, 5.74) is 0.460. The zero-order chi connectivity index (χ0) is 22.4. The van der Waals surface area contributed by atoms with Crippen LogP contribution in [0.3, 0.4) is 0 Å². The van der Waals surface area contributed by atoms with Gasteiger partial charge in [0.05, 0.1) is 25.9 Å². The van der Waals surface area contributed by atoms with Gasteiger partial charge in [0.25, 0.3) is 0 Å². The zero-order valence-electron chi connectivity index (χ0n) is 19.6. The molecule has 1 aromatic rings. The Morgan fingerprint density at radius 2 is 1.25 bits per heavy atom. The van der Waals surface area contributed by atoms with Crippen molar-refractivity contribution in [2.45, 2.75) is 25.7 Å². The molecule has 2 N–H and O–H groups in total. The van der Waals surface area contributed by atoms with E-state index >= 15 is 0 Å². The number of methoxy groups -OCH3 is 1. The molecule has 8 heteroatoms. The van der Waals surface area contributed by atoms with Gasteiger partial charge in [0, 0.05) is 58.4 Å². The second-order valence-electron chi connectivity index (χ2n) is 8.48. The highest BCUT2D eigenvalue weighted by Crippen LogP contribution is 2.24. The van der Waals surface area contributed by atoms with Crippen molar-refractivity contribution >= 4 is 5.97 Å². The average Bonchev–Trinajstić information content (AvgIpc) is 2.84. The minimum Gasteiger partial charge on any atom is -0.493 e. The van der Waals surface area contributed by atoms with Crippen molar-refractivity contribution in [2.24, 2.45) is 0 Å². The normalized spacial score (nSPS) is 17.8. The number of benzene rings is 1. The topological polar surface area (TPSA) is 75.3 Å². The van der Waals surface area contributed by atoms with E-state index in [1.54, 1.807) is 12.1 Å². The summed E-state index contributed by atoms with van der Waals surface area (Å²) < 4.78 is 16.8. The lowest BCUT2D eigenvalue weighted by Crippen LogP contribution is -2.43. The number of nitrogens with zero attached hydrogens (tertiary/aromatic N) is 2. The molecule has 0 radical (unpaired) electrons. The number of hydrogen-bond donors (Lipinski definition) is 2. The van der Waals surface area contributed by atoms with Gasteiger partial charge in [0.15, 0.2) is 0 Å². The first-order valence-electron chi connectivity index (χ1n) is 12.1. The third-order valence-electron chi connectivity index (χ3n) is 6.00. The van der Waals surface area contributed by atoms with E-state index in [1.807, 2.05) is 6.07 Å². The number of piperazine rings is 2. The Morgan fingerprint density at radius 3 is 1.69 bits per heavy atom. The third kappa shape index (κ3) is 8.94. The first-order chi connectivity index (χ1) is 15.7. The molecule has 1 aromatic carbocycles. The number of nitrogens with one attached hydrogen (secondary N) is 2. The fraction of sp³-hybridized carbons (Fsp3) is 0.708. The van der Waals surface area contributed by atoms with Crippen LogP contribution in [0.1, 0.15) is 36.0 Å². The molecule has 0 aliphatic carbocycles. The first kappa shape index (κ1) is 24.8. The van der Waals surface area contributed by atoms with Crippen molar-refractivity contribution in [3.63, 3.8) is 0 Å². The molecular weight excluding hydrogens is 408 g/mol. The summed E-state index contributed by atoms with van der Waals surface area (Å²) in [6.45, 7) is 12.3. The Hall–Kier alpha value is -1.87. The third-order valence-corrected chi connectivity index (χ3v) is 6.00. The van der Waals surface area contributed by atoms with Crippen LogP contribution >= 0.6 is 0 Å². The summed E-state index contributed by atoms with van der Waals surface area (Å²) in [6, 6.07) is 5.35. The molecular formula is C24H40N4O4. The highest BCUT2D eigenvalue weighted by molar-refractivity contribution is 5.90. The van der Waals surface area contributed by atoms with Crippen LogP contribution in [-0.2, 0) is 4.74 Å². The van der Waals surface area contributed by atoms with Gasteiger partial charge in [0.2, 0.25) is 0 Å². The van der Waals surface area contributed by atoms with Crippen molar-refractivity contribution in [1.29, 1.82) is 0 Å².